The fraction of sp³-hybridized carbons (Fsp3) is 0.0667. The molecule has 0 aliphatic heterocycles. The molecule has 2 aromatic rings. The second-order valence-electron chi connectivity index (χ2n) is 4.45. The normalized spacial score (nSPS) is 11.1. The molecule has 2 aromatic carbocycles. The van der Waals surface area contributed by atoms with Gasteiger partial charge in [0.15, 0.2) is 0 Å². The third-order valence-corrected chi connectivity index (χ3v) is 3.40. The molecule has 2 rings (SSSR count). The highest BCUT2D eigenvalue weighted by molar-refractivity contribution is 9.10. The quantitative estimate of drug-likeness (QED) is 0.513. The summed E-state index contributed by atoms with van der Waals surface area (Å²) < 4.78 is 0.802. The van der Waals surface area contributed by atoms with Crippen LogP contribution < -0.4 is 5.43 Å². The van der Waals surface area contributed by atoms with Gasteiger partial charge in [0.2, 0.25) is 0 Å². The van der Waals surface area contributed by atoms with E-state index < -0.39 is 4.92 Å². The van der Waals surface area contributed by atoms with E-state index >= 15 is 0 Å². The minimum absolute atomic E-state index is 0.00900. The van der Waals surface area contributed by atoms with Gasteiger partial charge in [0, 0.05) is 22.2 Å². The van der Waals surface area contributed by atoms with Crippen molar-refractivity contribution in [2.45, 2.75) is 6.92 Å². The van der Waals surface area contributed by atoms with Gasteiger partial charge in [0.1, 0.15) is 0 Å². The average Bonchev–Trinajstić information content (AvgIpc) is 2.52. The van der Waals surface area contributed by atoms with Crippen LogP contribution in [0.25, 0.3) is 0 Å². The molecule has 6 nitrogen and oxygen atoms in total. The molecule has 7 heteroatoms. The number of nitrogens with one attached hydrogen (secondary N) is 1. The van der Waals surface area contributed by atoms with Crippen LogP contribution in [0.3, 0.4) is 0 Å². The van der Waals surface area contributed by atoms with Crippen molar-refractivity contribution < 1.29 is 9.72 Å². The van der Waals surface area contributed by atoms with Crippen LogP contribution in [0, 0.1) is 10.1 Å². The summed E-state index contributed by atoms with van der Waals surface area (Å²) >= 11 is 3.29. The van der Waals surface area contributed by atoms with Crippen molar-refractivity contribution in [2.24, 2.45) is 5.10 Å². The summed E-state index contributed by atoms with van der Waals surface area (Å²) in [7, 11) is 0. The Balaban J connectivity index is 2.09. The lowest BCUT2D eigenvalue weighted by Gasteiger charge is -2.03. The standard InChI is InChI=1S/C15H12BrN3O3/c1-10(11-5-7-14(8-6-11)19(21)22)17-18-15(20)12-3-2-4-13(16)9-12/h2-9H,1H3,(H,18,20). The molecule has 0 radical (unpaired) electrons. The summed E-state index contributed by atoms with van der Waals surface area (Å²) in [6, 6.07) is 12.9. The molecule has 0 bridgehead atoms. The van der Waals surface area contributed by atoms with Gasteiger partial charge in [-0.1, -0.05) is 22.0 Å². The summed E-state index contributed by atoms with van der Waals surface area (Å²) in [4.78, 5) is 22.1. The summed E-state index contributed by atoms with van der Waals surface area (Å²) in [5.41, 5.74) is 4.19. The number of rotatable bonds is 4. The van der Waals surface area contributed by atoms with Crippen molar-refractivity contribution in [3.63, 3.8) is 0 Å². The van der Waals surface area contributed by atoms with Gasteiger partial charge in [-0.05, 0) is 42.8 Å². The second kappa shape index (κ2) is 6.95. The highest BCUT2D eigenvalue weighted by Crippen LogP contribution is 2.13. The first-order valence-electron chi connectivity index (χ1n) is 6.32. The predicted molar refractivity (Wildman–Crippen MR) is 86.9 cm³/mol. The Morgan fingerprint density at radius 1 is 1.18 bits per heavy atom. The molecular weight excluding hydrogens is 350 g/mol. The van der Waals surface area contributed by atoms with Crippen molar-refractivity contribution in [1.82, 2.24) is 5.43 Å². The molecule has 0 aromatic heterocycles. The molecule has 0 heterocycles. The highest BCUT2D eigenvalue weighted by atomic mass is 79.9. The van der Waals surface area contributed by atoms with Gasteiger partial charge in [-0.2, -0.15) is 5.10 Å². The minimum atomic E-state index is -0.467. The number of nitro groups is 1. The van der Waals surface area contributed by atoms with E-state index in [1.165, 1.54) is 12.1 Å². The van der Waals surface area contributed by atoms with Gasteiger partial charge in [0.05, 0.1) is 10.6 Å². The molecular formula is C15H12BrN3O3. The summed E-state index contributed by atoms with van der Waals surface area (Å²) in [6.45, 7) is 1.71. The predicted octanol–water partition coefficient (Wildman–Crippen LogP) is 3.51. The maximum absolute atomic E-state index is 11.9. The first kappa shape index (κ1) is 15.8. The molecule has 0 aliphatic rings. The van der Waals surface area contributed by atoms with E-state index in [9.17, 15) is 14.9 Å². The fourth-order valence-corrected chi connectivity index (χ4v) is 2.12. The summed E-state index contributed by atoms with van der Waals surface area (Å²) in [6.07, 6.45) is 0. The Kier molecular flexibility index (Phi) is 5.00. The van der Waals surface area contributed by atoms with Crippen LogP contribution in [0.15, 0.2) is 58.1 Å². The van der Waals surface area contributed by atoms with Crippen LogP contribution in [0.1, 0.15) is 22.8 Å². The van der Waals surface area contributed by atoms with Crippen molar-refractivity contribution in [3.05, 3.63) is 74.2 Å². The zero-order chi connectivity index (χ0) is 16.1. The van der Waals surface area contributed by atoms with Crippen LogP contribution in [0.5, 0.6) is 0 Å². The third kappa shape index (κ3) is 3.98. The molecule has 0 saturated carbocycles. The van der Waals surface area contributed by atoms with E-state index in [2.05, 4.69) is 26.5 Å². The number of non-ortho nitro benzene ring substituents is 1. The SMILES string of the molecule is CC(=NNC(=O)c1cccc(Br)c1)c1ccc([N+](=O)[O-])cc1. The number of amides is 1. The van der Waals surface area contributed by atoms with Gasteiger partial charge in [0.25, 0.3) is 11.6 Å². The molecule has 0 fully saturated rings. The second-order valence-corrected chi connectivity index (χ2v) is 5.37. The monoisotopic (exact) mass is 361 g/mol. The lowest BCUT2D eigenvalue weighted by Crippen LogP contribution is -2.19. The Labute approximate surface area is 135 Å². The number of hydrogen-bond donors (Lipinski definition) is 1. The van der Waals surface area contributed by atoms with Crippen LogP contribution in [-0.4, -0.2) is 16.5 Å². The minimum Gasteiger partial charge on any atom is -0.267 e. The van der Waals surface area contributed by atoms with Crippen molar-refractivity contribution in [3.8, 4) is 0 Å². The van der Waals surface area contributed by atoms with E-state index in [1.54, 1.807) is 37.3 Å². The number of hydrazone groups is 1. The number of nitro benzene ring substituents is 1. The molecule has 1 amide bonds. The Morgan fingerprint density at radius 3 is 2.45 bits per heavy atom. The number of benzene rings is 2. The van der Waals surface area contributed by atoms with Gasteiger partial charge < -0.3 is 0 Å². The topological polar surface area (TPSA) is 84.6 Å². The number of carbonyl (C=O) groups is 1. The first-order chi connectivity index (χ1) is 10.5. The molecule has 112 valence electrons. The maximum Gasteiger partial charge on any atom is 0.271 e. The van der Waals surface area contributed by atoms with Crippen molar-refractivity contribution in [1.29, 1.82) is 0 Å². The molecule has 0 unspecified atom stereocenters. The smallest absolute Gasteiger partial charge is 0.267 e. The molecule has 0 aliphatic carbocycles. The van der Waals surface area contributed by atoms with Crippen molar-refractivity contribution in [2.75, 3.05) is 0 Å². The fourth-order valence-electron chi connectivity index (χ4n) is 1.72. The van der Waals surface area contributed by atoms with Crippen LogP contribution in [-0.2, 0) is 0 Å². The zero-order valence-electron chi connectivity index (χ0n) is 11.6. The molecule has 0 atom stereocenters. The van der Waals surface area contributed by atoms with E-state index in [1.807, 2.05) is 6.07 Å². The van der Waals surface area contributed by atoms with Gasteiger partial charge >= 0.3 is 0 Å². The lowest BCUT2D eigenvalue weighted by molar-refractivity contribution is -0.384. The number of nitrogens with zero attached hydrogens (tertiary/aromatic N) is 2. The van der Waals surface area contributed by atoms with Gasteiger partial charge in [-0.25, -0.2) is 5.43 Å². The van der Waals surface area contributed by atoms with Crippen LogP contribution in [0.4, 0.5) is 5.69 Å². The van der Waals surface area contributed by atoms with E-state index in [4.69, 9.17) is 0 Å². The van der Waals surface area contributed by atoms with Gasteiger partial charge in [-0.15, -0.1) is 0 Å². The van der Waals surface area contributed by atoms with Crippen molar-refractivity contribution >= 4 is 33.2 Å². The Morgan fingerprint density at radius 2 is 1.86 bits per heavy atom. The average molecular weight is 362 g/mol. The van der Waals surface area contributed by atoms with E-state index in [0.29, 0.717) is 16.8 Å². The number of halogens is 1. The Bertz CT molecular complexity index is 742. The lowest BCUT2D eigenvalue weighted by atomic mass is 10.1. The van der Waals surface area contributed by atoms with Crippen LogP contribution >= 0.6 is 15.9 Å². The van der Waals surface area contributed by atoms with Gasteiger partial charge in [-0.3, -0.25) is 14.9 Å². The van der Waals surface area contributed by atoms with Crippen LogP contribution in [0.2, 0.25) is 0 Å². The molecule has 1 N–H and O–H groups in total. The van der Waals surface area contributed by atoms with E-state index in [0.717, 1.165) is 4.47 Å². The zero-order valence-corrected chi connectivity index (χ0v) is 13.2. The number of hydrogen-bond acceptors (Lipinski definition) is 4. The highest BCUT2D eigenvalue weighted by Gasteiger charge is 2.07. The molecule has 0 spiro atoms. The number of carbonyl (C=O) groups excluding carboxylic acids is 1. The Hall–Kier alpha value is -2.54. The molecule has 22 heavy (non-hydrogen) atoms. The first-order valence-corrected chi connectivity index (χ1v) is 7.11. The maximum atomic E-state index is 11.9. The molecule has 0 saturated heterocycles. The summed E-state index contributed by atoms with van der Waals surface area (Å²) in [5, 5.41) is 14.6. The summed E-state index contributed by atoms with van der Waals surface area (Å²) in [5.74, 6) is -0.331. The third-order valence-electron chi connectivity index (χ3n) is 2.91. The largest absolute Gasteiger partial charge is 0.271 e. The van der Waals surface area contributed by atoms with E-state index in [-0.39, 0.29) is 11.6 Å².